The number of aromatic hydroxyl groups is 2. The van der Waals surface area contributed by atoms with Crippen molar-refractivity contribution in [2.24, 2.45) is 0 Å². The Balaban J connectivity index is 2.42. The van der Waals surface area contributed by atoms with Crippen LogP contribution in [0.5, 0.6) is 23.0 Å². The van der Waals surface area contributed by atoms with Crippen molar-refractivity contribution in [3.05, 3.63) is 46.8 Å². The molecule has 3 rings (SSSR count). The molecule has 0 aliphatic heterocycles. The van der Waals surface area contributed by atoms with Crippen LogP contribution >= 0.6 is 0 Å². The molecule has 2 aromatic carbocycles. The number of rotatable bonds is 3. The Kier molecular flexibility index (Phi) is 3.57. The fraction of sp³-hybridized carbons (Fsp3) is 0.118. The Morgan fingerprint density at radius 3 is 2.30 bits per heavy atom. The van der Waals surface area contributed by atoms with Gasteiger partial charge in [-0.1, -0.05) is 18.2 Å². The number of phenols is 2. The highest BCUT2D eigenvalue weighted by molar-refractivity contribution is 5.91. The molecule has 1 aromatic heterocycles. The number of hydrogen-bond donors (Lipinski definition) is 2. The predicted octanol–water partition coefficient (Wildman–Crippen LogP) is 2.89. The van der Waals surface area contributed by atoms with Crippen LogP contribution < -0.4 is 14.9 Å². The molecule has 0 bridgehead atoms. The predicted molar refractivity (Wildman–Crippen MR) is 84.4 cm³/mol. The van der Waals surface area contributed by atoms with Crippen LogP contribution in [0.3, 0.4) is 0 Å². The molecular weight excluding hydrogens is 300 g/mol. The minimum absolute atomic E-state index is 0.0381. The van der Waals surface area contributed by atoms with E-state index < -0.39 is 5.43 Å². The fourth-order valence-corrected chi connectivity index (χ4v) is 2.50. The second-order valence-electron chi connectivity index (χ2n) is 4.83. The molecule has 0 unspecified atom stereocenters. The fourth-order valence-electron chi connectivity index (χ4n) is 2.50. The Hall–Kier alpha value is -3.15. The topological polar surface area (TPSA) is 89.1 Å². The lowest BCUT2D eigenvalue weighted by Crippen LogP contribution is -2.07. The van der Waals surface area contributed by atoms with E-state index in [0.29, 0.717) is 5.56 Å². The van der Waals surface area contributed by atoms with Gasteiger partial charge in [0.2, 0.25) is 11.2 Å². The summed E-state index contributed by atoms with van der Waals surface area (Å²) in [7, 11) is 2.72. The highest BCUT2D eigenvalue weighted by Crippen LogP contribution is 2.42. The van der Waals surface area contributed by atoms with Crippen LogP contribution in [0.1, 0.15) is 0 Å². The van der Waals surface area contributed by atoms with Crippen LogP contribution in [0.2, 0.25) is 0 Å². The Bertz CT molecular complexity index is 942. The third-order valence-corrected chi connectivity index (χ3v) is 3.56. The smallest absolute Gasteiger partial charge is 0.204 e. The zero-order valence-corrected chi connectivity index (χ0v) is 12.5. The lowest BCUT2D eigenvalue weighted by molar-refractivity contribution is 0.335. The molecule has 0 amide bonds. The second kappa shape index (κ2) is 5.57. The van der Waals surface area contributed by atoms with Crippen molar-refractivity contribution in [2.45, 2.75) is 0 Å². The first-order valence-electron chi connectivity index (χ1n) is 6.76. The first-order valence-corrected chi connectivity index (χ1v) is 6.76. The maximum absolute atomic E-state index is 12.9. The van der Waals surface area contributed by atoms with Gasteiger partial charge in [0.15, 0.2) is 11.5 Å². The monoisotopic (exact) mass is 314 g/mol. The van der Waals surface area contributed by atoms with Crippen LogP contribution in [-0.2, 0) is 0 Å². The van der Waals surface area contributed by atoms with Crippen molar-refractivity contribution in [3.8, 4) is 34.1 Å². The van der Waals surface area contributed by atoms with Crippen LogP contribution in [0.15, 0.2) is 45.8 Å². The summed E-state index contributed by atoms with van der Waals surface area (Å²) in [6.45, 7) is 0. The van der Waals surface area contributed by atoms with Crippen LogP contribution in [0.25, 0.3) is 22.1 Å². The van der Waals surface area contributed by atoms with E-state index in [2.05, 4.69) is 0 Å². The van der Waals surface area contributed by atoms with Crippen LogP contribution in [-0.4, -0.2) is 24.4 Å². The molecule has 2 N–H and O–H groups in total. The first kappa shape index (κ1) is 14.8. The van der Waals surface area contributed by atoms with Gasteiger partial charge >= 0.3 is 0 Å². The van der Waals surface area contributed by atoms with Gasteiger partial charge in [-0.25, -0.2) is 0 Å². The first-order chi connectivity index (χ1) is 11.1. The van der Waals surface area contributed by atoms with E-state index in [1.165, 1.54) is 32.6 Å². The third-order valence-electron chi connectivity index (χ3n) is 3.56. The van der Waals surface area contributed by atoms with Crippen LogP contribution in [0.4, 0.5) is 0 Å². The van der Waals surface area contributed by atoms with Gasteiger partial charge in [0.05, 0.1) is 19.8 Å². The van der Waals surface area contributed by atoms with E-state index in [1.54, 1.807) is 18.2 Å². The van der Waals surface area contributed by atoms with Crippen LogP contribution in [0, 0.1) is 0 Å². The quantitative estimate of drug-likeness (QED) is 0.772. The number of ether oxygens (including phenoxy) is 2. The van der Waals surface area contributed by atoms with Gasteiger partial charge in [-0.2, -0.15) is 0 Å². The van der Waals surface area contributed by atoms with Crippen molar-refractivity contribution in [2.75, 3.05) is 14.2 Å². The molecule has 0 saturated carbocycles. The molecule has 0 spiro atoms. The zero-order chi connectivity index (χ0) is 16.6. The molecule has 23 heavy (non-hydrogen) atoms. The lowest BCUT2D eigenvalue weighted by Gasteiger charge is -2.12. The minimum atomic E-state index is -0.400. The Morgan fingerprint density at radius 1 is 0.957 bits per heavy atom. The summed E-state index contributed by atoms with van der Waals surface area (Å²) in [6.07, 6.45) is 1.24. The van der Waals surface area contributed by atoms with Gasteiger partial charge in [0.1, 0.15) is 23.0 Å². The maximum atomic E-state index is 12.9. The molecule has 0 saturated heterocycles. The van der Waals surface area contributed by atoms with E-state index in [4.69, 9.17) is 13.9 Å². The van der Waals surface area contributed by atoms with Crippen molar-refractivity contribution in [1.82, 2.24) is 0 Å². The molecule has 3 aromatic rings. The van der Waals surface area contributed by atoms with Gasteiger partial charge in [-0.05, 0) is 6.07 Å². The van der Waals surface area contributed by atoms with Crippen molar-refractivity contribution >= 4 is 11.0 Å². The summed E-state index contributed by atoms with van der Waals surface area (Å²) in [5.41, 5.74) is 0.283. The minimum Gasteiger partial charge on any atom is -0.507 e. The SMILES string of the molecule is COc1c(O)cc2occ(-c3ccccc3O)c(=O)c2c1OC. The van der Waals surface area contributed by atoms with Crippen molar-refractivity contribution in [1.29, 1.82) is 0 Å². The molecule has 0 fully saturated rings. The number of hydrogen-bond acceptors (Lipinski definition) is 6. The molecule has 0 aliphatic rings. The van der Waals surface area contributed by atoms with Gasteiger partial charge in [0, 0.05) is 11.6 Å². The summed E-state index contributed by atoms with van der Waals surface area (Å²) in [4.78, 5) is 12.9. The normalized spacial score (nSPS) is 10.7. The highest BCUT2D eigenvalue weighted by Gasteiger charge is 2.21. The van der Waals surface area contributed by atoms with Gasteiger partial charge in [-0.3, -0.25) is 4.79 Å². The zero-order valence-electron chi connectivity index (χ0n) is 12.5. The summed E-state index contributed by atoms with van der Waals surface area (Å²) in [6, 6.07) is 7.73. The maximum Gasteiger partial charge on any atom is 0.204 e. The summed E-state index contributed by atoms with van der Waals surface area (Å²) in [5.74, 6) is -0.116. The van der Waals surface area contributed by atoms with E-state index in [-0.39, 0.29) is 39.5 Å². The largest absolute Gasteiger partial charge is 0.507 e. The van der Waals surface area contributed by atoms with Gasteiger partial charge in [0.25, 0.3) is 0 Å². The lowest BCUT2D eigenvalue weighted by atomic mass is 10.0. The third kappa shape index (κ3) is 2.24. The number of phenolic OH excluding ortho intramolecular Hbond substituents is 2. The van der Waals surface area contributed by atoms with Crippen molar-refractivity contribution < 1.29 is 24.1 Å². The molecule has 6 heteroatoms. The Morgan fingerprint density at radius 2 is 1.65 bits per heavy atom. The number of methoxy groups -OCH3 is 2. The molecule has 0 atom stereocenters. The van der Waals surface area contributed by atoms with E-state index in [0.717, 1.165) is 0 Å². The van der Waals surface area contributed by atoms with E-state index in [1.807, 2.05) is 0 Å². The van der Waals surface area contributed by atoms with E-state index >= 15 is 0 Å². The number of benzene rings is 2. The Labute approximate surface area is 131 Å². The number of fused-ring (bicyclic) bond motifs is 1. The summed E-state index contributed by atoms with van der Waals surface area (Å²) >= 11 is 0. The molecule has 1 heterocycles. The highest BCUT2D eigenvalue weighted by atomic mass is 16.5. The average Bonchev–Trinajstić information content (AvgIpc) is 2.55. The van der Waals surface area contributed by atoms with Crippen molar-refractivity contribution in [3.63, 3.8) is 0 Å². The average molecular weight is 314 g/mol. The second-order valence-corrected chi connectivity index (χ2v) is 4.83. The summed E-state index contributed by atoms with van der Waals surface area (Å²) in [5, 5.41) is 20.0. The molecule has 6 nitrogen and oxygen atoms in total. The molecular formula is C17H14O6. The van der Waals surface area contributed by atoms with Gasteiger partial charge in [-0.15, -0.1) is 0 Å². The molecule has 118 valence electrons. The molecule has 0 aliphatic carbocycles. The molecule has 0 radical (unpaired) electrons. The standard InChI is InChI=1S/C17H14O6/c1-21-16-12(19)7-13-14(17(16)22-2)15(20)10(8-23-13)9-5-3-4-6-11(9)18/h3-8,18-19H,1-2H3. The van der Waals surface area contributed by atoms with E-state index in [9.17, 15) is 15.0 Å². The summed E-state index contributed by atoms with van der Waals surface area (Å²) < 4.78 is 15.8. The van der Waals surface area contributed by atoms with Gasteiger partial charge < -0.3 is 24.1 Å². The number of para-hydroxylation sites is 1.